The quantitative estimate of drug-likeness (QED) is 0.727. The van der Waals surface area contributed by atoms with E-state index in [9.17, 15) is 4.79 Å². The van der Waals surface area contributed by atoms with E-state index in [1.807, 2.05) is 0 Å². The Morgan fingerprint density at radius 3 is 2.33 bits per heavy atom. The van der Waals surface area contributed by atoms with Gasteiger partial charge in [0.15, 0.2) is 0 Å². The molecule has 0 aromatic heterocycles. The summed E-state index contributed by atoms with van der Waals surface area (Å²) in [6, 6.07) is -0.511. The third kappa shape index (κ3) is 1.78. The lowest BCUT2D eigenvalue weighted by molar-refractivity contribution is -0.151. The zero-order valence-corrected chi connectivity index (χ0v) is 10.3. The predicted molar refractivity (Wildman–Crippen MR) is 60.3 cm³/mol. The molecule has 0 aromatic rings. The molecule has 3 nitrogen and oxygen atoms in total. The van der Waals surface area contributed by atoms with E-state index in [1.165, 1.54) is 26.4 Å². The van der Waals surface area contributed by atoms with E-state index in [0.29, 0.717) is 0 Å². The molecule has 1 saturated carbocycles. The van der Waals surface area contributed by atoms with Crippen molar-refractivity contribution in [3.8, 4) is 0 Å². The second-order valence-corrected chi connectivity index (χ2v) is 5.21. The molecule has 0 saturated heterocycles. The Kier molecular flexibility index (Phi) is 3.44. The lowest BCUT2D eigenvalue weighted by Crippen LogP contribution is -2.56. The van der Waals surface area contributed by atoms with Crippen molar-refractivity contribution in [1.29, 1.82) is 0 Å². The molecule has 1 fully saturated rings. The van der Waals surface area contributed by atoms with Crippen LogP contribution in [0.1, 0.15) is 46.5 Å². The van der Waals surface area contributed by atoms with Gasteiger partial charge in [-0.2, -0.15) is 0 Å². The van der Waals surface area contributed by atoms with Crippen molar-refractivity contribution in [2.45, 2.75) is 52.5 Å². The van der Waals surface area contributed by atoms with Gasteiger partial charge in [0.1, 0.15) is 6.04 Å². The molecule has 0 spiro atoms. The Morgan fingerprint density at radius 1 is 1.53 bits per heavy atom. The predicted octanol–water partition coefficient (Wildman–Crippen LogP) is 2.09. The molecule has 88 valence electrons. The molecule has 1 atom stereocenters. The van der Waals surface area contributed by atoms with Crippen LogP contribution in [-0.2, 0) is 9.53 Å². The fraction of sp³-hybridized carbons (Fsp3) is 0.917. The Labute approximate surface area is 92.4 Å². The molecular weight excluding hydrogens is 190 g/mol. The summed E-state index contributed by atoms with van der Waals surface area (Å²) < 4.78 is 4.74. The molecule has 1 aliphatic carbocycles. The van der Waals surface area contributed by atoms with E-state index < -0.39 is 6.04 Å². The lowest BCUT2D eigenvalue weighted by atomic mass is 9.51. The van der Waals surface area contributed by atoms with Crippen molar-refractivity contribution in [2.75, 3.05) is 7.11 Å². The zero-order valence-electron chi connectivity index (χ0n) is 10.3. The highest BCUT2D eigenvalue weighted by molar-refractivity contribution is 5.76. The average Bonchev–Trinajstić information content (AvgIpc) is 2.14. The molecule has 1 unspecified atom stereocenters. The number of hydrogen-bond acceptors (Lipinski definition) is 3. The van der Waals surface area contributed by atoms with Crippen molar-refractivity contribution >= 4 is 5.97 Å². The standard InChI is InChI=1S/C12H23NO2/c1-5-12(7-6-8-12)11(2,3)9(13)10(14)15-4/h9H,5-8,13H2,1-4H3. The van der Waals surface area contributed by atoms with Gasteiger partial charge in [0.25, 0.3) is 0 Å². The highest BCUT2D eigenvalue weighted by Crippen LogP contribution is 2.57. The Morgan fingerprint density at radius 2 is 2.07 bits per heavy atom. The highest BCUT2D eigenvalue weighted by Gasteiger charge is 2.52. The number of esters is 1. The Bertz CT molecular complexity index is 238. The maximum absolute atomic E-state index is 11.5. The van der Waals surface area contributed by atoms with Gasteiger partial charge in [0.05, 0.1) is 7.11 Å². The zero-order chi connectivity index (χ0) is 11.7. The normalized spacial score (nSPS) is 21.7. The fourth-order valence-electron chi connectivity index (χ4n) is 2.81. The van der Waals surface area contributed by atoms with E-state index in [2.05, 4.69) is 20.8 Å². The van der Waals surface area contributed by atoms with Gasteiger partial charge in [-0.25, -0.2) is 0 Å². The first-order valence-electron chi connectivity index (χ1n) is 5.74. The summed E-state index contributed by atoms with van der Waals surface area (Å²) in [7, 11) is 1.40. The first-order chi connectivity index (χ1) is 6.91. The SMILES string of the molecule is CCC1(C(C)(C)C(N)C(=O)OC)CCC1. The van der Waals surface area contributed by atoms with E-state index in [1.54, 1.807) is 0 Å². The number of nitrogens with two attached hydrogens (primary N) is 1. The van der Waals surface area contributed by atoms with Crippen LogP contribution in [0.25, 0.3) is 0 Å². The minimum absolute atomic E-state index is 0.174. The summed E-state index contributed by atoms with van der Waals surface area (Å²) in [5, 5.41) is 0. The van der Waals surface area contributed by atoms with Gasteiger partial charge in [-0.05, 0) is 30.1 Å². The van der Waals surface area contributed by atoms with Crippen LogP contribution in [0.15, 0.2) is 0 Å². The summed E-state index contributed by atoms with van der Waals surface area (Å²) in [4.78, 5) is 11.5. The summed E-state index contributed by atoms with van der Waals surface area (Å²) in [5.41, 5.74) is 6.07. The molecule has 15 heavy (non-hydrogen) atoms. The van der Waals surface area contributed by atoms with Gasteiger partial charge in [-0.15, -0.1) is 0 Å². The maximum atomic E-state index is 11.5. The molecule has 0 heterocycles. The molecule has 0 aromatic carbocycles. The van der Waals surface area contributed by atoms with Crippen molar-refractivity contribution in [1.82, 2.24) is 0 Å². The van der Waals surface area contributed by atoms with Crippen molar-refractivity contribution in [3.05, 3.63) is 0 Å². The number of carbonyl (C=O) groups is 1. The van der Waals surface area contributed by atoms with E-state index in [0.717, 1.165) is 6.42 Å². The first kappa shape index (κ1) is 12.5. The van der Waals surface area contributed by atoms with Crippen molar-refractivity contribution in [2.24, 2.45) is 16.6 Å². The molecule has 3 heteroatoms. The summed E-state index contributed by atoms with van der Waals surface area (Å²) >= 11 is 0. The van der Waals surface area contributed by atoms with Crippen LogP contribution in [0.3, 0.4) is 0 Å². The summed E-state index contributed by atoms with van der Waals surface area (Å²) in [6.45, 7) is 6.37. The largest absolute Gasteiger partial charge is 0.468 e. The minimum Gasteiger partial charge on any atom is -0.468 e. The summed E-state index contributed by atoms with van der Waals surface area (Å²) in [6.07, 6.45) is 4.71. The molecule has 2 N–H and O–H groups in total. The van der Waals surface area contributed by atoms with E-state index in [-0.39, 0.29) is 16.8 Å². The van der Waals surface area contributed by atoms with Crippen LogP contribution in [0, 0.1) is 10.8 Å². The number of hydrogen-bond donors (Lipinski definition) is 1. The van der Waals surface area contributed by atoms with Gasteiger partial charge < -0.3 is 10.5 Å². The fourth-order valence-corrected chi connectivity index (χ4v) is 2.81. The van der Waals surface area contributed by atoms with Crippen molar-refractivity contribution in [3.63, 3.8) is 0 Å². The molecule has 0 radical (unpaired) electrons. The van der Waals surface area contributed by atoms with Crippen LogP contribution < -0.4 is 5.73 Å². The number of carbonyl (C=O) groups excluding carboxylic acids is 1. The maximum Gasteiger partial charge on any atom is 0.323 e. The van der Waals surface area contributed by atoms with E-state index >= 15 is 0 Å². The van der Waals surface area contributed by atoms with Crippen LogP contribution in [-0.4, -0.2) is 19.1 Å². The van der Waals surface area contributed by atoms with Crippen molar-refractivity contribution < 1.29 is 9.53 Å². The molecule has 0 amide bonds. The second-order valence-electron chi connectivity index (χ2n) is 5.21. The second kappa shape index (κ2) is 4.12. The molecule has 1 rings (SSSR count). The third-order valence-corrected chi connectivity index (χ3v) is 4.59. The van der Waals surface area contributed by atoms with Crippen LogP contribution >= 0.6 is 0 Å². The van der Waals surface area contributed by atoms with Gasteiger partial charge in [0, 0.05) is 0 Å². The molecule has 0 bridgehead atoms. The van der Waals surface area contributed by atoms with Crippen LogP contribution in [0.2, 0.25) is 0 Å². The first-order valence-corrected chi connectivity index (χ1v) is 5.74. The molecule has 0 aliphatic heterocycles. The van der Waals surface area contributed by atoms with Gasteiger partial charge in [-0.1, -0.05) is 27.2 Å². The Balaban J connectivity index is 2.85. The van der Waals surface area contributed by atoms with Crippen LogP contribution in [0.5, 0.6) is 0 Å². The topological polar surface area (TPSA) is 52.3 Å². The average molecular weight is 213 g/mol. The monoisotopic (exact) mass is 213 g/mol. The number of ether oxygens (including phenoxy) is 1. The summed E-state index contributed by atoms with van der Waals surface area (Å²) in [5.74, 6) is -0.292. The van der Waals surface area contributed by atoms with Gasteiger partial charge in [-0.3, -0.25) is 4.79 Å². The third-order valence-electron chi connectivity index (χ3n) is 4.59. The minimum atomic E-state index is -0.511. The van der Waals surface area contributed by atoms with Crippen LogP contribution in [0.4, 0.5) is 0 Å². The smallest absolute Gasteiger partial charge is 0.323 e. The number of methoxy groups -OCH3 is 1. The van der Waals surface area contributed by atoms with E-state index in [4.69, 9.17) is 10.5 Å². The van der Waals surface area contributed by atoms with Gasteiger partial charge >= 0.3 is 5.97 Å². The van der Waals surface area contributed by atoms with Gasteiger partial charge in [0.2, 0.25) is 0 Å². The molecular formula is C12H23NO2. The highest BCUT2D eigenvalue weighted by atomic mass is 16.5. The molecule has 1 aliphatic rings. The number of rotatable bonds is 4. The lowest BCUT2D eigenvalue weighted by Gasteiger charge is -2.54. The Hall–Kier alpha value is -0.570.